The molecule has 0 radical (unpaired) electrons. The molecule has 0 saturated heterocycles. The number of aliphatic hydroxyl groups excluding tert-OH is 1. The first-order valence-corrected chi connectivity index (χ1v) is 4.39. The number of halogens is 2. The third kappa shape index (κ3) is 2.27. The molecule has 0 bridgehead atoms. The molecule has 0 spiro atoms. The Hall–Kier alpha value is -1.00. The molecule has 0 aliphatic carbocycles. The van der Waals surface area contributed by atoms with Gasteiger partial charge < -0.3 is 10.8 Å². The summed E-state index contributed by atoms with van der Waals surface area (Å²) in [5.74, 6) is -3.08. The van der Waals surface area contributed by atoms with Gasteiger partial charge in [-0.15, -0.1) is 0 Å². The van der Waals surface area contributed by atoms with Crippen molar-refractivity contribution >= 4 is 0 Å². The van der Waals surface area contributed by atoms with Crippen LogP contribution in [0.4, 0.5) is 8.78 Å². The van der Waals surface area contributed by atoms with Crippen molar-refractivity contribution in [3.8, 4) is 0 Å². The predicted molar refractivity (Wildman–Crippen MR) is 50.0 cm³/mol. The van der Waals surface area contributed by atoms with Crippen LogP contribution >= 0.6 is 0 Å². The topological polar surface area (TPSA) is 46.2 Å². The number of rotatable bonds is 4. The van der Waals surface area contributed by atoms with Gasteiger partial charge in [-0.3, -0.25) is 0 Å². The second-order valence-electron chi connectivity index (χ2n) is 3.11. The van der Waals surface area contributed by atoms with Crippen LogP contribution in [0.2, 0.25) is 0 Å². The summed E-state index contributed by atoms with van der Waals surface area (Å²) in [6, 6.07) is 6.06. The van der Waals surface area contributed by atoms with Gasteiger partial charge >= 0.3 is 0 Å². The minimum Gasteiger partial charge on any atom is -0.396 e. The molecule has 0 aliphatic heterocycles. The zero-order valence-corrected chi connectivity index (χ0v) is 7.66. The van der Waals surface area contributed by atoms with E-state index < -0.39 is 12.0 Å². The molecule has 1 unspecified atom stereocenters. The number of nitrogens with two attached hydrogens (primary N) is 1. The Morgan fingerprint density at radius 2 is 1.86 bits per heavy atom. The third-order valence-electron chi connectivity index (χ3n) is 2.06. The summed E-state index contributed by atoms with van der Waals surface area (Å²) in [6.45, 7) is -0.330. The smallest absolute Gasteiger partial charge is 0.288 e. The lowest BCUT2D eigenvalue weighted by Crippen LogP contribution is -2.39. The zero-order chi connectivity index (χ0) is 10.6. The molecule has 1 rings (SSSR count). The molecule has 0 fully saturated rings. The molecule has 78 valence electrons. The van der Waals surface area contributed by atoms with Crippen LogP contribution in [0.15, 0.2) is 30.3 Å². The largest absolute Gasteiger partial charge is 0.396 e. The average molecular weight is 201 g/mol. The van der Waals surface area contributed by atoms with Gasteiger partial charge in [0.2, 0.25) is 0 Å². The predicted octanol–water partition coefficient (Wildman–Crippen LogP) is 1.49. The van der Waals surface area contributed by atoms with E-state index in [0.29, 0.717) is 0 Å². The first kappa shape index (κ1) is 11.1. The first-order chi connectivity index (χ1) is 6.59. The van der Waals surface area contributed by atoms with Crippen molar-refractivity contribution < 1.29 is 13.9 Å². The van der Waals surface area contributed by atoms with Gasteiger partial charge in [-0.25, -0.2) is 0 Å². The van der Waals surface area contributed by atoms with Crippen molar-refractivity contribution in [1.82, 2.24) is 0 Å². The molecular weight excluding hydrogens is 188 g/mol. The van der Waals surface area contributed by atoms with Crippen LogP contribution in [0.1, 0.15) is 12.0 Å². The van der Waals surface area contributed by atoms with Gasteiger partial charge in [-0.2, -0.15) is 8.78 Å². The SMILES string of the molecule is NC(CCO)C(F)(F)c1ccccc1. The van der Waals surface area contributed by atoms with Gasteiger partial charge in [-0.1, -0.05) is 30.3 Å². The van der Waals surface area contributed by atoms with Gasteiger partial charge in [0, 0.05) is 12.2 Å². The summed E-state index contributed by atoms with van der Waals surface area (Å²) >= 11 is 0. The molecule has 0 aliphatic rings. The second kappa shape index (κ2) is 4.48. The minimum absolute atomic E-state index is 0.109. The Morgan fingerprint density at radius 3 is 2.36 bits per heavy atom. The third-order valence-corrected chi connectivity index (χ3v) is 2.06. The normalized spacial score (nSPS) is 14.0. The van der Waals surface area contributed by atoms with E-state index in [4.69, 9.17) is 10.8 Å². The number of alkyl halides is 2. The minimum atomic E-state index is -3.08. The van der Waals surface area contributed by atoms with Gasteiger partial charge in [-0.05, 0) is 6.42 Å². The van der Waals surface area contributed by atoms with Crippen molar-refractivity contribution in [3.05, 3.63) is 35.9 Å². The maximum Gasteiger partial charge on any atom is 0.288 e. The van der Waals surface area contributed by atoms with Crippen LogP contribution in [0.3, 0.4) is 0 Å². The van der Waals surface area contributed by atoms with Gasteiger partial charge in [0.1, 0.15) is 0 Å². The number of benzene rings is 1. The van der Waals surface area contributed by atoms with E-state index in [-0.39, 0.29) is 18.6 Å². The molecule has 1 aromatic carbocycles. The van der Waals surface area contributed by atoms with Crippen molar-refractivity contribution in [1.29, 1.82) is 0 Å². The summed E-state index contributed by atoms with van der Waals surface area (Å²) in [5, 5.41) is 8.53. The quantitative estimate of drug-likeness (QED) is 0.775. The Balaban J connectivity index is 2.84. The number of hydrogen-bond donors (Lipinski definition) is 2. The summed E-state index contributed by atoms with van der Waals surface area (Å²) in [7, 11) is 0. The Bertz CT molecular complexity index is 277. The van der Waals surface area contributed by atoms with E-state index in [9.17, 15) is 8.78 Å². The molecule has 2 nitrogen and oxygen atoms in total. The highest BCUT2D eigenvalue weighted by Gasteiger charge is 2.38. The maximum atomic E-state index is 13.5. The Labute approximate surface area is 81.4 Å². The second-order valence-corrected chi connectivity index (χ2v) is 3.11. The standard InChI is InChI=1S/C10H13F2NO/c11-10(12,9(13)6-7-14)8-4-2-1-3-5-8/h1-5,9,14H,6-7,13H2. The molecule has 0 aromatic heterocycles. The molecule has 0 heterocycles. The van der Waals surface area contributed by atoms with Crippen molar-refractivity contribution in [2.45, 2.75) is 18.4 Å². The Morgan fingerprint density at radius 1 is 1.29 bits per heavy atom. The van der Waals surface area contributed by atoms with Crippen LogP contribution in [0.5, 0.6) is 0 Å². The van der Waals surface area contributed by atoms with E-state index in [2.05, 4.69) is 0 Å². The van der Waals surface area contributed by atoms with E-state index >= 15 is 0 Å². The molecule has 0 amide bonds. The molecule has 1 atom stereocenters. The molecule has 1 aromatic rings. The fourth-order valence-corrected chi connectivity index (χ4v) is 1.19. The van der Waals surface area contributed by atoms with E-state index in [1.807, 2.05) is 0 Å². The van der Waals surface area contributed by atoms with Crippen LogP contribution < -0.4 is 5.73 Å². The highest BCUT2D eigenvalue weighted by atomic mass is 19.3. The van der Waals surface area contributed by atoms with E-state index in [1.165, 1.54) is 24.3 Å². The lowest BCUT2D eigenvalue weighted by molar-refractivity contribution is -0.0374. The molecule has 4 heteroatoms. The number of hydrogen-bond acceptors (Lipinski definition) is 2. The Kier molecular flexibility index (Phi) is 3.55. The van der Waals surface area contributed by atoms with E-state index in [1.54, 1.807) is 6.07 Å². The van der Waals surface area contributed by atoms with Crippen LogP contribution in [0.25, 0.3) is 0 Å². The van der Waals surface area contributed by atoms with Gasteiger partial charge in [0.15, 0.2) is 0 Å². The fraction of sp³-hybridized carbons (Fsp3) is 0.400. The fourth-order valence-electron chi connectivity index (χ4n) is 1.19. The zero-order valence-electron chi connectivity index (χ0n) is 7.66. The average Bonchev–Trinajstić information content (AvgIpc) is 2.19. The molecule has 3 N–H and O–H groups in total. The first-order valence-electron chi connectivity index (χ1n) is 4.39. The van der Waals surface area contributed by atoms with Gasteiger partial charge in [0.25, 0.3) is 5.92 Å². The molecule has 14 heavy (non-hydrogen) atoms. The summed E-state index contributed by atoms with van der Waals surface area (Å²) in [4.78, 5) is 0. The summed E-state index contributed by atoms with van der Waals surface area (Å²) < 4.78 is 27.0. The van der Waals surface area contributed by atoms with Crippen LogP contribution in [0, 0.1) is 0 Å². The lowest BCUT2D eigenvalue weighted by Gasteiger charge is -2.23. The highest BCUT2D eigenvalue weighted by Crippen LogP contribution is 2.31. The van der Waals surface area contributed by atoms with Gasteiger partial charge in [0.05, 0.1) is 6.04 Å². The number of aliphatic hydroxyl groups is 1. The van der Waals surface area contributed by atoms with Crippen molar-refractivity contribution in [2.24, 2.45) is 5.73 Å². The monoisotopic (exact) mass is 201 g/mol. The van der Waals surface area contributed by atoms with Crippen LogP contribution in [-0.2, 0) is 5.92 Å². The highest BCUT2D eigenvalue weighted by molar-refractivity contribution is 5.21. The summed E-state index contributed by atoms with van der Waals surface area (Å²) in [5.41, 5.74) is 5.17. The van der Waals surface area contributed by atoms with E-state index in [0.717, 1.165) is 0 Å². The molecular formula is C10H13F2NO. The molecule has 0 saturated carbocycles. The van der Waals surface area contributed by atoms with Crippen LogP contribution in [-0.4, -0.2) is 17.8 Å². The maximum absolute atomic E-state index is 13.5. The lowest BCUT2D eigenvalue weighted by atomic mass is 10.00. The van der Waals surface area contributed by atoms with Crippen molar-refractivity contribution in [3.63, 3.8) is 0 Å². The summed E-state index contributed by atoms with van der Waals surface area (Å²) in [6.07, 6.45) is -0.109. The van der Waals surface area contributed by atoms with Crippen molar-refractivity contribution in [2.75, 3.05) is 6.61 Å².